The number of amides is 2. The van der Waals surface area contributed by atoms with Crippen molar-refractivity contribution in [3.63, 3.8) is 0 Å². The van der Waals surface area contributed by atoms with Crippen LogP contribution in [0.15, 0.2) is 48.5 Å². The molecule has 0 aromatic heterocycles. The molecule has 0 spiro atoms. The molecule has 2 rings (SSSR count). The van der Waals surface area contributed by atoms with Crippen LogP contribution in [0.3, 0.4) is 0 Å². The van der Waals surface area contributed by atoms with Crippen molar-refractivity contribution in [2.75, 3.05) is 17.2 Å². The van der Waals surface area contributed by atoms with E-state index in [1.807, 2.05) is 6.92 Å². The first-order valence-electron chi connectivity index (χ1n) is 8.14. The zero-order valence-corrected chi connectivity index (χ0v) is 14.3. The Hall–Kier alpha value is -3.35. The molecule has 3 N–H and O–H groups in total. The largest absolute Gasteiger partial charge is 0.494 e. The maximum Gasteiger partial charge on any atom is 0.303 e. The number of rotatable bonds is 8. The molecule has 2 aromatic carbocycles. The lowest BCUT2D eigenvalue weighted by Crippen LogP contribution is -2.18. The second-order valence-electron chi connectivity index (χ2n) is 5.40. The van der Waals surface area contributed by atoms with Gasteiger partial charge >= 0.3 is 5.97 Å². The molecule has 26 heavy (non-hydrogen) atoms. The van der Waals surface area contributed by atoms with Crippen molar-refractivity contribution >= 4 is 29.2 Å². The van der Waals surface area contributed by atoms with Crippen LogP contribution in [0.5, 0.6) is 5.75 Å². The summed E-state index contributed by atoms with van der Waals surface area (Å²) in [5, 5.41) is 14.0. The number of carboxylic acid groups (broad SMARTS) is 1. The Morgan fingerprint density at radius 1 is 0.962 bits per heavy atom. The van der Waals surface area contributed by atoms with E-state index in [2.05, 4.69) is 10.6 Å². The van der Waals surface area contributed by atoms with Gasteiger partial charge in [0.2, 0.25) is 5.91 Å². The summed E-state index contributed by atoms with van der Waals surface area (Å²) >= 11 is 0. The number of hydrogen-bond acceptors (Lipinski definition) is 4. The van der Waals surface area contributed by atoms with Gasteiger partial charge in [-0.15, -0.1) is 0 Å². The zero-order valence-electron chi connectivity index (χ0n) is 14.3. The Labute approximate surface area is 151 Å². The van der Waals surface area contributed by atoms with E-state index in [0.29, 0.717) is 23.7 Å². The van der Waals surface area contributed by atoms with Gasteiger partial charge in [0.25, 0.3) is 5.91 Å². The molecule has 0 saturated carbocycles. The standard InChI is InChI=1S/C19H20N2O5/c1-2-26-14-9-7-13(8-10-14)20-19(25)15-5-3-4-6-16(15)21-17(22)11-12-18(23)24/h3-10H,2,11-12H2,1H3,(H,20,25)(H,21,22)(H,23,24). The third-order valence-corrected chi connectivity index (χ3v) is 3.43. The monoisotopic (exact) mass is 356 g/mol. The minimum absolute atomic E-state index is 0.163. The van der Waals surface area contributed by atoms with Crippen molar-refractivity contribution in [2.24, 2.45) is 0 Å². The number of carbonyl (C=O) groups excluding carboxylic acids is 2. The molecule has 0 radical (unpaired) electrons. The van der Waals surface area contributed by atoms with Crippen LogP contribution in [0.25, 0.3) is 0 Å². The van der Waals surface area contributed by atoms with Crippen LogP contribution in [0.2, 0.25) is 0 Å². The topological polar surface area (TPSA) is 105 Å². The number of benzene rings is 2. The summed E-state index contributed by atoms with van der Waals surface area (Å²) in [4.78, 5) is 34.9. The van der Waals surface area contributed by atoms with E-state index >= 15 is 0 Å². The smallest absolute Gasteiger partial charge is 0.303 e. The minimum atomic E-state index is -1.05. The average molecular weight is 356 g/mol. The normalized spacial score (nSPS) is 10.0. The molecule has 0 fully saturated rings. The quantitative estimate of drug-likeness (QED) is 0.674. The molecule has 0 heterocycles. The molecule has 2 amide bonds. The van der Waals surface area contributed by atoms with Crippen molar-refractivity contribution in [3.05, 3.63) is 54.1 Å². The second-order valence-corrected chi connectivity index (χ2v) is 5.40. The van der Waals surface area contributed by atoms with E-state index in [1.54, 1.807) is 48.5 Å². The fraction of sp³-hybridized carbons (Fsp3) is 0.211. The van der Waals surface area contributed by atoms with Crippen molar-refractivity contribution in [1.29, 1.82) is 0 Å². The molecule has 0 unspecified atom stereocenters. The lowest BCUT2D eigenvalue weighted by molar-refractivity contribution is -0.138. The molecule has 0 saturated heterocycles. The highest BCUT2D eigenvalue weighted by Gasteiger charge is 2.14. The summed E-state index contributed by atoms with van der Waals surface area (Å²) in [5.74, 6) is -1.20. The first-order valence-corrected chi connectivity index (χ1v) is 8.14. The van der Waals surface area contributed by atoms with Crippen LogP contribution in [0.1, 0.15) is 30.1 Å². The van der Waals surface area contributed by atoms with Crippen LogP contribution < -0.4 is 15.4 Å². The van der Waals surface area contributed by atoms with Crippen LogP contribution in [0.4, 0.5) is 11.4 Å². The number of anilines is 2. The highest BCUT2D eigenvalue weighted by atomic mass is 16.5. The molecule has 7 nitrogen and oxygen atoms in total. The van der Waals surface area contributed by atoms with Gasteiger partial charge in [-0.2, -0.15) is 0 Å². The van der Waals surface area contributed by atoms with Gasteiger partial charge in [0.1, 0.15) is 5.75 Å². The van der Waals surface area contributed by atoms with Gasteiger partial charge in [-0.1, -0.05) is 12.1 Å². The number of para-hydroxylation sites is 1. The summed E-state index contributed by atoms with van der Waals surface area (Å²) in [6.07, 6.45) is -0.434. The van der Waals surface area contributed by atoms with Crippen LogP contribution in [-0.4, -0.2) is 29.5 Å². The molecule has 7 heteroatoms. The molecule has 2 aromatic rings. The first kappa shape index (κ1) is 19.0. The molecule has 0 bridgehead atoms. The highest BCUT2D eigenvalue weighted by molar-refractivity contribution is 6.10. The SMILES string of the molecule is CCOc1ccc(NC(=O)c2ccccc2NC(=O)CCC(=O)O)cc1. The minimum Gasteiger partial charge on any atom is -0.494 e. The summed E-state index contributed by atoms with van der Waals surface area (Å²) in [6.45, 7) is 2.44. The van der Waals surface area contributed by atoms with Gasteiger partial charge in [-0.25, -0.2) is 0 Å². The molecular formula is C19H20N2O5. The Bertz CT molecular complexity index is 787. The van der Waals surface area contributed by atoms with Gasteiger partial charge in [0, 0.05) is 12.1 Å². The number of hydrogen-bond donors (Lipinski definition) is 3. The maximum atomic E-state index is 12.5. The third-order valence-electron chi connectivity index (χ3n) is 3.43. The van der Waals surface area contributed by atoms with Gasteiger partial charge < -0.3 is 20.5 Å². The molecule has 0 aliphatic rings. The fourth-order valence-electron chi connectivity index (χ4n) is 2.22. The van der Waals surface area contributed by atoms with E-state index in [4.69, 9.17) is 9.84 Å². The summed E-state index contributed by atoms with van der Waals surface area (Å²) in [6, 6.07) is 13.5. The summed E-state index contributed by atoms with van der Waals surface area (Å²) < 4.78 is 5.35. The van der Waals surface area contributed by atoms with Crippen molar-refractivity contribution in [1.82, 2.24) is 0 Å². The second kappa shape index (κ2) is 9.22. The fourth-order valence-corrected chi connectivity index (χ4v) is 2.22. The molecule has 0 aliphatic heterocycles. The number of nitrogens with one attached hydrogen (secondary N) is 2. The summed E-state index contributed by atoms with van der Waals surface area (Å²) in [7, 11) is 0. The van der Waals surface area contributed by atoms with E-state index < -0.39 is 11.9 Å². The third kappa shape index (κ3) is 5.62. The van der Waals surface area contributed by atoms with Crippen LogP contribution >= 0.6 is 0 Å². The van der Waals surface area contributed by atoms with E-state index in [1.165, 1.54) is 0 Å². The zero-order chi connectivity index (χ0) is 18.9. The molecule has 136 valence electrons. The average Bonchev–Trinajstić information content (AvgIpc) is 2.62. The molecule has 0 atom stereocenters. The summed E-state index contributed by atoms with van der Waals surface area (Å²) in [5.41, 5.74) is 1.20. The van der Waals surface area contributed by atoms with E-state index in [-0.39, 0.29) is 24.3 Å². The van der Waals surface area contributed by atoms with Gasteiger partial charge in [0.05, 0.1) is 24.3 Å². The first-order chi connectivity index (χ1) is 12.5. The molecule has 0 aliphatic carbocycles. The lowest BCUT2D eigenvalue weighted by Gasteiger charge is -2.11. The Morgan fingerprint density at radius 3 is 2.31 bits per heavy atom. The van der Waals surface area contributed by atoms with Gasteiger partial charge in [-0.3, -0.25) is 14.4 Å². The van der Waals surface area contributed by atoms with Crippen molar-refractivity contribution < 1.29 is 24.2 Å². The van der Waals surface area contributed by atoms with Crippen molar-refractivity contribution in [2.45, 2.75) is 19.8 Å². The number of carbonyl (C=O) groups is 3. The number of aliphatic carboxylic acids is 1. The number of ether oxygens (including phenoxy) is 1. The van der Waals surface area contributed by atoms with E-state index in [9.17, 15) is 14.4 Å². The lowest BCUT2D eigenvalue weighted by atomic mass is 10.1. The Morgan fingerprint density at radius 2 is 1.65 bits per heavy atom. The molecular weight excluding hydrogens is 336 g/mol. The van der Waals surface area contributed by atoms with Gasteiger partial charge in [-0.05, 0) is 43.3 Å². The number of carboxylic acids is 1. The maximum absolute atomic E-state index is 12.5. The Kier molecular flexibility index (Phi) is 6.73. The highest BCUT2D eigenvalue weighted by Crippen LogP contribution is 2.20. The van der Waals surface area contributed by atoms with Gasteiger partial charge in [0.15, 0.2) is 0 Å². The predicted molar refractivity (Wildman–Crippen MR) is 97.5 cm³/mol. The predicted octanol–water partition coefficient (Wildman–Crippen LogP) is 3.14. The van der Waals surface area contributed by atoms with Crippen LogP contribution in [-0.2, 0) is 9.59 Å². The van der Waals surface area contributed by atoms with E-state index in [0.717, 1.165) is 0 Å². The Balaban J connectivity index is 2.06. The van der Waals surface area contributed by atoms with Crippen molar-refractivity contribution in [3.8, 4) is 5.75 Å². The van der Waals surface area contributed by atoms with Crippen LogP contribution in [0, 0.1) is 0 Å².